The Bertz CT molecular complexity index is 690. The van der Waals surface area contributed by atoms with Crippen molar-refractivity contribution in [3.63, 3.8) is 0 Å². The molecule has 1 aliphatic rings. The molecule has 3 rings (SSSR count). The Morgan fingerprint density at radius 3 is 2.95 bits per heavy atom. The molecule has 1 unspecified atom stereocenters. The Morgan fingerprint density at radius 1 is 1.33 bits per heavy atom. The monoisotopic (exact) mass is 364 g/mol. The molecule has 3 nitrogen and oxygen atoms in total. The number of carbonyl (C=O) groups is 1. The zero-order chi connectivity index (χ0) is 14.8. The Morgan fingerprint density at radius 2 is 2.14 bits per heavy atom. The number of hydrogen-bond donors (Lipinski definition) is 2. The third-order valence-electron chi connectivity index (χ3n) is 3.57. The van der Waals surface area contributed by atoms with Crippen LogP contribution in [0.4, 0.5) is 11.4 Å². The second-order valence-electron chi connectivity index (χ2n) is 5.05. The van der Waals surface area contributed by atoms with E-state index < -0.39 is 0 Å². The molecule has 1 atom stereocenters. The molecule has 21 heavy (non-hydrogen) atoms. The molecular weight excluding hydrogens is 352 g/mol. The average molecular weight is 366 g/mol. The summed E-state index contributed by atoms with van der Waals surface area (Å²) in [6.45, 7) is 0.803. The number of benzene rings is 2. The first-order valence-electron chi connectivity index (χ1n) is 6.71. The fourth-order valence-electron chi connectivity index (χ4n) is 2.55. The van der Waals surface area contributed by atoms with Gasteiger partial charge in [-0.05, 0) is 45.8 Å². The maximum absolute atomic E-state index is 12.2. The highest BCUT2D eigenvalue weighted by molar-refractivity contribution is 9.10. The number of nitrogens with one attached hydrogen (secondary N) is 2. The first-order valence-corrected chi connectivity index (χ1v) is 7.88. The lowest BCUT2D eigenvalue weighted by Crippen LogP contribution is -2.16. The molecule has 5 heteroatoms. The van der Waals surface area contributed by atoms with Crippen molar-refractivity contribution >= 4 is 44.8 Å². The van der Waals surface area contributed by atoms with Gasteiger partial charge in [0.25, 0.3) is 0 Å². The normalized spacial score (nSPS) is 16.2. The van der Waals surface area contributed by atoms with Crippen LogP contribution in [0.25, 0.3) is 0 Å². The molecule has 0 aliphatic carbocycles. The number of para-hydroxylation sites is 1. The number of halogens is 2. The number of anilines is 2. The minimum absolute atomic E-state index is 0.00715. The molecule has 2 N–H and O–H groups in total. The number of rotatable bonds is 3. The SMILES string of the molecule is O=C(CC1CNc2ccccc21)Nc1ccc(Cl)c(Br)c1. The van der Waals surface area contributed by atoms with Crippen LogP contribution in [0.15, 0.2) is 46.9 Å². The van der Waals surface area contributed by atoms with E-state index in [-0.39, 0.29) is 11.8 Å². The van der Waals surface area contributed by atoms with Gasteiger partial charge in [-0.25, -0.2) is 0 Å². The fourth-order valence-corrected chi connectivity index (χ4v) is 3.05. The maximum Gasteiger partial charge on any atom is 0.225 e. The number of fused-ring (bicyclic) bond motifs is 1. The van der Waals surface area contributed by atoms with Crippen molar-refractivity contribution in [2.75, 3.05) is 17.2 Å². The highest BCUT2D eigenvalue weighted by Gasteiger charge is 2.23. The van der Waals surface area contributed by atoms with E-state index in [0.29, 0.717) is 11.4 Å². The Kier molecular flexibility index (Phi) is 4.17. The Labute approximate surface area is 136 Å². The summed E-state index contributed by atoms with van der Waals surface area (Å²) in [6, 6.07) is 13.5. The Hall–Kier alpha value is -1.52. The second kappa shape index (κ2) is 6.08. The minimum atomic E-state index is 0.00715. The molecule has 0 saturated heterocycles. The van der Waals surface area contributed by atoms with Gasteiger partial charge in [0.15, 0.2) is 0 Å². The topological polar surface area (TPSA) is 41.1 Å². The first-order chi connectivity index (χ1) is 10.1. The minimum Gasteiger partial charge on any atom is -0.384 e. The van der Waals surface area contributed by atoms with E-state index in [4.69, 9.17) is 11.6 Å². The molecule has 1 amide bonds. The molecule has 0 radical (unpaired) electrons. The van der Waals surface area contributed by atoms with E-state index in [9.17, 15) is 4.79 Å². The van der Waals surface area contributed by atoms with Gasteiger partial charge in [-0.1, -0.05) is 29.8 Å². The lowest BCUT2D eigenvalue weighted by molar-refractivity contribution is -0.116. The van der Waals surface area contributed by atoms with Crippen LogP contribution < -0.4 is 10.6 Å². The summed E-state index contributed by atoms with van der Waals surface area (Å²) in [5.41, 5.74) is 3.09. The lowest BCUT2D eigenvalue weighted by atomic mass is 9.97. The van der Waals surface area contributed by atoms with Gasteiger partial charge < -0.3 is 10.6 Å². The van der Waals surface area contributed by atoms with Crippen LogP contribution in [0.2, 0.25) is 5.02 Å². The van der Waals surface area contributed by atoms with Crippen LogP contribution in [-0.4, -0.2) is 12.5 Å². The smallest absolute Gasteiger partial charge is 0.225 e. The molecule has 2 aromatic carbocycles. The lowest BCUT2D eigenvalue weighted by Gasteiger charge is -2.11. The first kappa shape index (κ1) is 14.4. The largest absolute Gasteiger partial charge is 0.384 e. The predicted octanol–water partition coefficient (Wildman–Crippen LogP) is 4.64. The summed E-state index contributed by atoms with van der Waals surface area (Å²) in [7, 11) is 0. The van der Waals surface area contributed by atoms with E-state index in [1.54, 1.807) is 18.2 Å². The van der Waals surface area contributed by atoms with E-state index in [1.165, 1.54) is 5.56 Å². The van der Waals surface area contributed by atoms with Crippen LogP contribution in [-0.2, 0) is 4.79 Å². The van der Waals surface area contributed by atoms with Crippen molar-refractivity contribution in [1.29, 1.82) is 0 Å². The highest BCUT2D eigenvalue weighted by Crippen LogP contribution is 2.33. The van der Waals surface area contributed by atoms with E-state index in [1.807, 2.05) is 18.2 Å². The summed E-state index contributed by atoms with van der Waals surface area (Å²) in [4.78, 5) is 12.2. The van der Waals surface area contributed by atoms with Gasteiger partial charge in [0.1, 0.15) is 0 Å². The van der Waals surface area contributed by atoms with Crippen molar-refractivity contribution in [2.45, 2.75) is 12.3 Å². The van der Waals surface area contributed by atoms with Gasteiger partial charge in [0.05, 0.1) is 5.02 Å². The van der Waals surface area contributed by atoms with Crippen molar-refractivity contribution < 1.29 is 4.79 Å². The number of amides is 1. The van der Waals surface area contributed by atoms with Crippen molar-refractivity contribution in [3.05, 3.63) is 57.5 Å². The van der Waals surface area contributed by atoms with Crippen molar-refractivity contribution in [2.24, 2.45) is 0 Å². The zero-order valence-corrected chi connectivity index (χ0v) is 13.5. The van der Waals surface area contributed by atoms with E-state index in [0.717, 1.165) is 22.4 Å². The van der Waals surface area contributed by atoms with Crippen molar-refractivity contribution in [3.8, 4) is 0 Å². The van der Waals surface area contributed by atoms with Gasteiger partial charge >= 0.3 is 0 Å². The second-order valence-corrected chi connectivity index (χ2v) is 6.31. The molecule has 1 heterocycles. The van der Waals surface area contributed by atoms with Crippen LogP contribution >= 0.6 is 27.5 Å². The molecular formula is C16H14BrClN2O. The Balaban J connectivity index is 1.66. The molecule has 0 spiro atoms. The quantitative estimate of drug-likeness (QED) is 0.832. The third-order valence-corrected chi connectivity index (χ3v) is 4.79. The molecule has 0 saturated carbocycles. The van der Waals surface area contributed by atoms with Crippen LogP contribution in [0.1, 0.15) is 17.9 Å². The van der Waals surface area contributed by atoms with E-state index in [2.05, 4.69) is 32.6 Å². The summed E-state index contributed by atoms with van der Waals surface area (Å²) in [6.07, 6.45) is 0.463. The molecule has 0 aromatic heterocycles. The van der Waals surface area contributed by atoms with Crippen LogP contribution in [0.3, 0.4) is 0 Å². The summed E-state index contributed by atoms with van der Waals surface area (Å²) in [5, 5.41) is 6.87. The molecule has 2 aromatic rings. The fraction of sp³-hybridized carbons (Fsp3) is 0.188. The molecule has 1 aliphatic heterocycles. The number of hydrogen-bond acceptors (Lipinski definition) is 2. The summed E-state index contributed by atoms with van der Waals surface area (Å²) in [5.74, 6) is 0.227. The van der Waals surface area contributed by atoms with Crippen molar-refractivity contribution in [1.82, 2.24) is 0 Å². The van der Waals surface area contributed by atoms with Crippen LogP contribution in [0, 0.1) is 0 Å². The van der Waals surface area contributed by atoms with Gasteiger partial charge in [-0.2, -0.15) is 0 Å². The highest BCUT2D eigenvalue weighted by atomic mass is 79.9. The van der Waals surface area contributed by atoms with E-state index >= 15 is 0 Å². The van der Waals surface area contributed by atoms with Gasteiger partial charge in [0, 0.05) is 34.7 Å². The van der Waals surface area contributed by atoms with Gasteiger partial charge in [-0.3, -0.25) is 4.79 Å². The maximum atomic E-state index is 12.2. The number of carbonyl (C=O) groups excluding carboxylic acids is 1. The average Bonchev–Trinajstić information content (AvgIpc) is 2.86. The van der Waals surface area contributed by atoms with Gasteiger partial charge in [0.2, 0.25) is 5.91 Å². The van der Waals surface area contributed by atoms with Gasteiger partial charge in [-0.15, -0.1) is 0 Å². The third kappa shape index (κ3) is 3.22. The molecule has 0 fully saturated rings. The predicted molar refractivity (Wildman–Crippen MR) is 90.1 cm³/mol. The zero-order valence-electron chi connectivity index (χ0n) is 11.2. The summed E-state index contributed by atoms with van der Waals surface area (Å²) < 4.78 is 0.773. The summed E-state index contributed by atoms with van der Waals surface area (Å²) >= 11 is 9.30. The molecule has 0 bridgehead atoms. The standard InChI is InChI=1S/C16H14BrClN2O/c17-13-8-11(5-6-14(13)18)20-16(21)7-10-9-19-15-4-2-1-3-12(10)15/h1-6,8,10,19H,7,9H2,(H,20,21). The van der Waals surface area contributed by atoms with Crippen LogP contribution in [0.5, 0.6) is 0 Å². The molecule has 108 valence electrons.